The van der Waals surface area contributed by atoms with Crippen molar-refractivity contribution in [1.82, 2.24) is 15.1 Å². The van der Waals surface area contributed by atoms with Crippen molar-refractivity contribution >= 4 is 22.5 Å². The first-order valence-electron chi connectivity index (χ1n) is 5.96. The van der Waals surface area contributed by atoms with Crippen LogP contribution >= 0.6 is 11.6 Å². The number of aryl methyl sites for hydroxylation is 1. The summed E-state index contributed by atoms with van der Waals surface area (Å²) in [5.41, 5.74) is 2.47. The van der Waals surface area contributed by atoms with Gasteiger partial charge in [-0.25, -0.2) is 0 Å². The van der Waals surface area contributed by atoms with Crippen molar-refractivity contribution in [2.75, 3.05) is 5.88 Å². The number of benzene rings is 1. The van der Waals surface area contributed by atoms with Crippen molar-refractivity contribution in [1.29, 1.82) is 0 Å². The molecule has 1 N–H and O–H groups in total. The van der Waals surface area contributed by atoms with E-state index >= 15 is 0 Å². The Kier molecular flexibility index (Phi) is 2.60. The van der Waals surface area contributed by atoms with Crippen LogP contribution < -0.4 is 5.32 Å². The number of nitrogens with zero attached hydrogens (tertiary/aromatic N) is 2. The van der Waals surface area contributed by atoms with Crippen molar-refractivity contribution < 1.29 is 0 Å². The summed E-state index contributed by atoms with van der Waals surface area (Å²) in [6.45, 7) is 0.800. The molecule has 0 atom stereocenters. The number of alkyl halides is 1. The van der Waals surface area contributed by atoms with Gasteiger partial charge in [-0.15, -0.1) is 11.6 Å². The lowest BCUT2D eigenvalue weighted by Gasteiger charge is -2.12. The minimum atomic E-state index is 0.181. The van der Waals surface area contributed by atoms with E-state index in [-0.39, 0.29) is 5.54 Å². The van der Waals surface area contributed by atoms with Crippen LogP contribution in [0.5, 0.6) is 0 Å². The fourth-order valence-corrected chi connectivity index (χ4v) is 2.56. The van der Waals surface area contributed by atoms with Crippen molar-refractivity contribution in [3.8, 4) is 0 Å². The standard InChI is InChI=1S/C13H16ClN3/c1-17-12-5-3-2-4-10(12)11(16-17)8-15-13(9-14)6-7-13/h2-5,15H,6-9H2,1H3. The Labute approximate surface area is 106 Å². The molecule has 17 heavy (non-hydrogen) atoms. The van der Waals surface area contributed by atoms with Gasteiger partial charge in [-0.1, -0.05) is 18.2 Å². The smallest absolute Gasteiger partial charge is 0.0841 e. The second-order valence-corrected chi connectivity index (χ2v) is 5.12. The second kappa shape index (κ2) is 4.00. The largest absolute Gasteiger partial charge is 0.304 e. The van der Waals surface area contributed by atoms with Gasteiger partial charge in [0.05, 0.1) is 11.2 Å². The molecule has 4 heteroatoms. The maximum Gasteiger partial charge on any atom is 0.0841 e. The summed E-state index contributed by atoms with van der Waals surface area (Å²) in [5.74, 6) is 0.692. The molecule has 0 amide bonds. The van der Waals surface area contributed by atoms with Gasteiger partial charge in [-0.3, -0.25) is 4.68 Å². The number of nitrogens with one attached hydrogen (secondary N) is 1. The molecule has 0 unspecified atom stereocenters. The highest BCUT2D eigenvalue weighted by Gasteiger charge is 2.41. The van der Waals surface area contributed by atoms with Crippen molar-refractivity contribution in [2.45, 2.75) is 24.9 Å². The lowest BCUT2D eigenvalue weighted by Crippen LogP contribution is -2.32. The highest BCUT2D eigenvalue weighted by Crippen LogP contribution is 2.36. The molecule has 0 radical (unpaired) electrons. The van der Waals surface area contributed by atoms with E-state index in [2.05, 4.69) is 28.6 Å². The number of para-hydroxylation sites is 1. The van der Waals surface area contributed by atoms with E-state index in [0.717, 1.165) is 12.2 Å². The third kappa shape index (κ3) is 1.94. The number of hydrogen-bond donors (Lipinski definition) is 1. The molecule has 1 heterocycles. The molecular weight excluding hydrogens is 234 g/mol. The first-order valence-corrected chi connectivity index (χ1v) is 6.49. The summed E-state index contributed by atoms with van der Waals surface area (Å²) in [4.78, 5) is 0. The van der Waals surface area contributed by atoms with Gasteiger partial charge in [0.25, 0.3) is 0 Å². The molecule has 0 bridgehead atoms. The topological polar surface area (TPSA) is 29.9 Å². The second-order valence-electron chi connectivity index (χ2n) is 4.85. The molecule has 2 aromatic rings. The number of rotatable bonds is 4. The molecule has 3 nitrogen and oxygen atoms in total. The molecule has 90 valence electrons. The van der Waals surface area contributed by atoms with Crippen LogP contribution in [0.2, 0.25) is 0 Å². The van der Waals surface area contributed by atoms with Crippen molar-refractivity contribution in [3.05, 3.63) is 30.0 Å². The molecule has 0 saturated heterocycles. The Hall–Kier alpha value is -1.06. The molecule has 1 fully saturated rings. The highest BCUT2D eigenvalue weighted by atomic mass is 35.5. The Morgan fingerprint density at radius 1 is 1.41 bits per heavy atom. The van der Waals surface area contributed by atoms with Gasteiger partial charge in [0.15, 0.2) is 0 Å². The Bertz CT molecular complexity index is 543. The first kappa shape index (κ1) is 11.1. The van der Waals surface area contributed by atoms with Gasteiger partial charge in [0.1, 0.15) is 0 Å². The van der Waals surface area contributed by atoms with E-state index in [1.807, 2.05) is 17.8 Å². The van der Waals surface area contributed by atoms with Crippen LogP contribution in [0, 0.1) is 0 Å². The normalized spacial score (nSPS) is 17.5. The van der Waals surface area contributed by atoms with Crippen molar-refractivity contribution in [2.24, 2.45) is 7.05 Å². The monoisotopic (exact) mass is 249 g/mol. The van der Waals surface area contributed by atoms with E-state index in [0.29, 0.717) is 5.88 Å². The lowest BCUT2D eigenvalue weighted by atomic mass is 10.2. The Balaban J connectivity index is 1.85. The van der Waals surface area contributed by atoms with E-state index in [9.17, 15) is 0 Å². The maximum absolute atomic E-state index is 5.96. The van der Waals surface area contributed by atoms with E-state index in [1.54, 1.807) is 0 Å². The zero-order valence-electron chi connectivity index (χ0n) is 9.91. The quantitative estimate of drug-likeness (QED) is 0.844. The number of hydrogen-bond acceptors (Lipinski definition) is 2. The Morgan fingerprint density at radius 2 is 2.18 bits per heavy atom. The van der Waals surface area contributed by atoms with E-state index in [4.69, 9.17) is 11.6 Å². The van der Waals surface area contributed by atoms with E-state index < -0.39 is 0 Å². The van der Waals surface area contributed by atoms with Crippen LogP contribution in [0.4, 0.5) is 0 Å². The van der Waals surface area contributed by atoms with Gasteiger partial charge < -0.3 is 5.32 Å². The summed E-state index contributed by atoms with van der Waals surface area (Å²) in [6, 6.07) is 8.32. The highest BCUT2D eigenvalue weighted by molar-refractivity contribution is 6.18. The molecule has 1 aromatic carbocycles. The zero-order chi connectivity index (χ0) is 11.9. The summed E-state index contributed by atoms with van der Waals surface area (Å²) in [5, 5.41) is 9.33. The zero-order valence-corrected chi connectivity index (χ0v) is 10.7. The molecule has 1 aliphatic carbocycles. The first-order chi connectivity index (χ1) is 8.24. The van der Waals surface area contributed by atoms with Gasteiger partial charge >= 0.3 is 0 Å². The van der Waals surface area contributed by atoms with Crippen LogP contribution in [0.3, 0.4) is 0 Å². The predicted molar refractivity (Wildman–Crippen MR) is 70.2 cm³/mol. The van der Waals surface area contributed by atoms with Crippen LogP contribution in [-0.2, 0) is 13.6 Å². The van der Waals surface area contributed by atoms with Crippen molar-refractivity contribution in [3.63, 3.8) is 0 Å². The average Bonchev–Trinajstić information content (AvgIpc) is 3.08. The van der Waals surface area contributed by atoms with Gasteiger partial charge in [-0.05, 0) is 18.9 Å². The summed E-state index contributed by atoms with van der Waals surface area (Å²) >= 11 is 5.96. The minimum absolute atomic E-state index is 0.181. The van der Waals surface area contributed by atoms with Gasteiger partial charge in [-0.2, -0.15) is 5.10 Å². The maximum atomic E-state index is 5.96. The molecular formula is C13H16ClN3. The molecule has 0 aliphatic heterocycles. The molecule has 1 aromatic heterocycles. The van der Waals surface area contributed by atoms with Gasteiger partial charge in [0, 0.05) is 30.4 Å². The molecule has 1 aliphatic rings. The average molecular weight is 250 g/mol. The molecule has 1 saturated carbocycles. The SMILES string of the molecule is Cn1nc(CNC2(CCl)CC2)c2ccccc21. The summed E-state index contributed by atoms with van der Waals surface area (Å²) in [7, 11) is 1.99. The predicted octanol–water partition coefficient (Wildman–Crippen LogP) is 2.43. The fourth-order valence-electron chi connectivity index (χ4n) is 2.20. The minimum Gasteiger partial charge on any atom is -0.304 e. The van der Waals surface area contributed by atoms with Crippen LogP contribution in [-0.4, -0.2) is 21.2 Å². The molecule has 0 spiro atoms. The van der Waals surface area contributed by atoms with E-state index in [1.165, 1.54) is 23.7 Å². The fraction of sp³-hybridized carbons (Fsp3) is 0.462. The summed E-state index contributed by atoms with van der Waals surface area (Å²) in [6.07, 6.45) is 2.36. The summed E-state index contributed by atoms with van der Waals surface area (Å²) < 4.78 is 1.94. The van der Waals surface area contributed by atoms with Crippen LogP contribution in [0.15, 0.2) is 24.3 Å². The number of halogens is 1. The van der Waals surface area contributed by atoms with Crippen LogP contribution in [0.1, 0.15) is 18.5 Å². The van der Waals surface area contributed by atoms with Gasteiger partial charge in [0.2, 0.25) is 0 Å². The Morgan fingerprint density at radius 3 is 2.88 bits per heavy atom. The van der Waals surface area contributed by atoms with Crippen LogP contribution in [0.25, 0.3) is 10.9 Å². The third-order valence-corrected chi connectivity index (χ3v) is 4.09. The molecule has 3 rings (SSSR count). The third-order valence-electron chi connectivity index (χ3n) is 3.57. The number of aromatic nitrogens is 2. The lowest BCUT2D eigenvalue weighted by molar-refractivity contribution is 0.534. The number of fused-ring (bicyclic) bond motifs is 1.